The normalized spacial score (nSPS) is 18.6. The molecule has 5 heteroatoms. The van der Waals surface area contributed by atoms with Gasteiger partial charge in [0.05, 0.1) is 18.3 Å². The van der Waals surface area contributed by atoms with Gasteiger partial charge >= 0.3 is 0 Å². The maximum absolute atomic E-state index is 5.61. The molecule has 116 valence electrons. The monoisotopic (exact) mass is 298 g/mol. The molecule has 5 nitrogen and oxygen atoms in total. The molecule has 1 atom stereocenters. The van der Waals surface area contributed by atoms with Crippen LogP contribution in [0, 0.1) is 0 Å². The Bertz CT molecular complexity index is 645. The Hall–Kier alpha value is -2.14. The molecule has 2 N–H and O–H groups in total. The van der Waals surface area contributed by atoms with Crippen LogP contribution in [0.2, 0.25) is 0 Å². The SMILES string of the molecule is CN=C(NCc1nccc2ccccc12)NCC1CCCO1. The van der Waals surface area contributed by atoms with Gasteiger partial charge in [-0.05, 0) is 24.3 Å². The van der Waals surface area contributed by atoms with Gasteiger partial charge in [0.15, 0.2) is 5.96 Å². The van der Waals surface area contributed by atoms with Crippen molar-refractivity contribution >= 4 is 16.7 Å². The summed E-state index contributed by atoms with van der Waals surface area (Å²) in [6, 6.07) is 10.3. The van der Waals surface area contributed by atoms with Crippen molar-refractivity contribution in [2.45, 2.75) is 25.5 Å². The van der Waals surface area contributed by atoms with Crippen LogP contribution in [0.25, 0.3) is 10.8 Å². The van der Waals surface area contributed by atoms with E-state index in [1.165, 1.54) is 10.8 Å². The van der Waals surface area contributed by atoms with Gasteiger partial charge in [-0.25, -0.2) is 0 Å². The Morgan fingerprint density at radius 2 is 2.23 bits per heavy atom. The predicted octanol–water partition coefficient (Wildman–Crippen LogP) is 2.08. The molecule has 0 saturated carbocycles. The van der Waals surface area contributed by atoms with Gasteiger partial charge in [-0.2, -0.15) is 0 Å². The van der Waals surface area contributed by atoms with Crippen LogP contribution in [0.1, 0.15) is 18.5 Å². The second-order valence-corrected chi connectivity index (χ2v) is 5.42. The first-order chi connectivity index (χ1) is 10.9. The third kappa shape index (κ3) is 3.54. The number of guanidine groups is 1. The van der Waals surface area contributed by atoms with E-state index in [2.05, 4.69) is 32.7 Å². The van der Waals surface area contributed by atoms with Crippen LogP contribution in [0.3, 0.4) is 0 Å². The predicted molar refractivity (Wildman–Crippen MR) is 88.9 cm³/mol. The van der Waals surface area contributed by atoms with Crippen molar-refractivity contribution in [2.75, 3.05) is 20.2 Å². The second kappa shape index (κ2) is 7.22. The number of hydrogen-bond acceptors (Lipinski definition) is 3. The van der Waals surface area contributed by atoms with E-state index in [0.717, 1.165) is 37.6 Å². The summed E-state index contributed by atoms with van der Waals surface area (Å²) in [5.41, 5.74) is 1.03. The molecule has 1 fully saturated rings. The third-order valence-electron chi connectivity index (χ3n) is 3.92. The van der Waals surface area contributed by atoms with E-state index < -0.39 is 0 Å². The molecule has 0 spiro atoms. The minimum Gasteiger partial charge on any atom is -0.376 e. The molecule has 2 aromatic rings. The maximum atomic E-state index is 5.61. The molecule has 1 saturated heterocycles. The molecular formula is C17H22N4O. The van der Waals surface area contributed by atoms with Gasteiger partial charge < -0.3 is 15.4 Å². The van der Waals surface area contributed by atoms with E-state index in [-0.39, 0.29) is 0 Å². The molecular weight excluding hydrogens is 276 g/mol. The van der Waals surface area contributed by atoms with Gasteiger partial charge in [0.1, 0.15) is 0 Å². The van der Waals surface area contributed by atoms with Crippen molar-refractivity contribution in [3.8, 4) is 0 Å². The van der Waals surface area contributed by atoms with Crippen LogP contribution in [-0.4, -0.2) is 37.2 Å². The van der Waals surface area contributed by atoms with Crippen LogP contribution in [-0.2, 0) is 11.3 Å². The molecule has 0 bridgehead atoms. The number of hydrogen-bond donors (Lipinski definition) is 2. The van der Waals surface area contributed by atoms with Crippen LogP contribution in [0.5, 0.6) is 0 Å². The van der Waals surface area contributed by atoms with Gasteiger partial charge in [0.2, 0.25) is 0 Å². The van der Waals surface area contributed by atoms with E-state index >= 15 is 0 Å². The molecule has 22 heavy (non-hydrogen) atoms. The zero-order chi connectivity index (χ0) is 15.2. The van der Waals surface area contributed by atoms with Crippen molar-refractivity contribution in [2.24, 2.45) is 4.99 Å². The molecule has 1 aliphatic heterocycles. The summed E-state index contributed by atoms with van der Waals surface area (Å²) >= 11 is 0. The third-order valence-corrected chi connectivity index (χ3v) is 3.92. The smallest absolute Gasteiger partial charge is 0.191 e. The van der Waals surface area contributed by atoms with Crippen molar-refractivity contribution in [3.05, 3.63) is 42.2 Å². The summed E-state index contributed by atoms with van der Waals surface area (Å²) in [5, 5.41) is 9.02. The van der Waals surface area contributed by atoms with Gasteiger partial charge in [-0.3, -0.25) is 9.98 Å². The van der Waals surface area contributed by atoms with E-state index in [1.54, 1.807) is 7.05 Å². The summed E-state index contributed by atoms with van der Waals surface area (Å²) < 4.78 is 5.61. The lowest BCUT2D eigenvalue weighted by Crippen LogP contribution is -2.40. The summed E-state index contributed by atoms with van der Waals surface area (Å²) in [5.74, 6) is 0.783. The van der Waals surface area contributed by atoms with Crippen LogP contribution in [0.15, 0.2) is 41.5 Å². The first kappa shape index (κ1) is 14.8. The van der Waals surface area contributed by atoms with Crippen molar-refractivity contribution < 1.29 is 4.74 Å². The highest BCUT2D eigenvalue weighted by Crippen LogP contribution is 2.16. The molecule has 0 aliphatic carbocycles. The minimum atomic E-state index is 0.300. The lowest BCUT2D eigenvalue weighted by atomic mass is 10.1. The fourth-order valence-corrected chi connectivity index (χ4v) is 2.73. The number of pyridine rings is 1. The van der Waals surface area contributed by atoms with Crippen LogP contribution in [0.4, 0.5) is 0 Å². The number of nitrogens with zero attached hydrogens (tertiary/aromatic N) is 2. The topological polar surface area (TPSA) is 58.5 Å². The summed E-state index contributed by atoms with van der Waals surface area (Å²) in [7, 11) is 1.78. The van der Waals surface area contributed by atoms with Crippen LogP contribution < -0.4 is 10.6 Å². The molecule has 1 aliphatic rings. The summed E-state index contributed by atoms with van der Waals surface area (Å²) in [6.07, 6.45) is 4.42. The first-order valence-electron chi connectivity index (χ1n) is 7.75. The number of fused-ring (bicyclic) bond motifs is 1. The number of nitrogens with one attached hydrogen (secondary N) is 2. The standard InChI is InChI=1S/C17H22N4O/c1-18-17(20-11-14-6-4-10-22-14)21-12-16-15-7-3-2-5-13(15)8-9-19-16/h2-3,5,7-9,14H,4,6,10-12H2,1H3,(H2,18,20,21). The average molecular weight is 298 g/mol. The first-order valence-corrected chi connectivity index (χ1v) is 7.75. The van der Waals surface area contributed by atoms with Crippen LogP contribution >= 0.6 is 0 Å². The fourth-order valence-electron chi connectivity index (χ4n) is 2.73. The second-order valence-electron chi connectivity index (χ2n) is 5.42. The van der Waals surface area contributed by atoms with Gasteiger partial charge in [-0.1, -0.05) is 24.3 Å². The van der Waals surface area contributed by atoms with Gasteiger partial charge in [0, 0.05) is 31.8 Å². The van der Waals surface area contributed by atoms with E-state index in [9.17, 15) is 0 Å². The zero-order valence-electron chi connectivity index (χ0n) is 12.9. The Morgan fingerprint density at radius 3 is 3.05 bits per heavy atom. The lowest BCUT2D eigenvalue weighted by molar-refractivity contribution is 0.114. The summed E-state index contributed by atoms with van der Waals surface area (Å²) in [4.78, 5) is 8.74. The number of aliphatic imine (C=N–C) groups is 1. The molecule has 3 rings (SSSR count). The lowest BCUT2D eigenvalue weighted by Gasteiger charge is -2.15. The molecule has 2 heterocycles. The van der Waals surface area contributed by atoms with Crippen molar-refractivity contribution in [1.82, 2.24) is 15.6 Å². The molecule has 0 radical (unpaired) electrons. The Morgan fingerprint density at radius 1 is 1.32 bits per heavy atom. The Labute approximate surface area is 130 Å². The minimum absolute atomic E-state index is 0.300. The molecule has 1 unspecified atom stereocenters. The van der Waals surface area contributed by atoms with E-state index in [1.807, 2.05) is 24.4 Å². The Balaban J connectivity index is 1.59. The fraction of sp³-hybridized carbons (Fsp3) is 0.412. The van der Waals surface area contributed by atoms with E-state index in [0.29, 0.717) is 12.6 Å². The van der Waals surface area contributed by atoms with Crippen molar-refractivity contribution in [1.29, 1.82) is 0 Å². The quantitative estimate of drug-likeness (QED) is 0.670. The zero-order valence-corrected chi connectivity index (χ0v) is 12.9. The van der Waals surface area contributed by atoms with Gasteiger partial charge in [-0.15, -0.1) is 0 Å². The van der Waals surface area contributed by atoms with Gasteiger partial charge in [0.25, 0.3) is 0 Å². The van der Waals surface area contributed by atoms with Crippen molar-refractivity contribution in [3.63, 3.8) is 0 Å². The molecule has 1 aromatic carbocycles. The average Bonchev–Trinajstić information content (AvgIpc) is 3.08. The number of ether oxygens (including phenoxy) is 1. The highest BCUT2D eigenvalue weighted by molar-refractivity contribution is 5.85. The highest BCUT2D eigenvalue weighted by Gasteiger charge is 2.15. The number of rotatable bonds is 4. The maximum Gasteiger partial charge on any atom is 0.191 e. The Kier molecular flexibility index (Phi) is 4.85. The largest absolute Gasteiger partial charge is 0.376 e. The number of aromatic nitrogens is 1. The number of benzene rings is 1. The molecule has 0 amide bonds. The molecule has 1 aromatic heterocycles. The highest BCUT2D eigenvalue weighted by atomic mass is 16.5. The summed E-state index contributed by atoms with van der Waals surface area (Å²) in [6.45, 7) is 2.31. The van der Waals surface area contributed by atoms with E-state index in [4.69, 9.17) is 4.74 Å².